The van der Waals surface area contributed by atoms with E-state index in [0.29, 0.717) is 17.1 Å². The number of rotatable bonds is 6. The highest BCUT2D eigenvalue weighted by Crippen LogP contribution is 2.28. The minimum Gasteiger partial charge on any atom is -0.344 e. The molecule has 1 aromatic heterocycles. The van der Waals surface area contributed by atoms with Gasteiger partial charge in [0.15, 0.2) is 5.82 Å². The zero-order valence-corrected chi connectivity index (χ0v) is 15.6. The smallest absolute Gasteiger partial charge is 0.247 e. The lowest BCUT2D eigenvalue weighted by molar-refractivity contribution is -0.126. The summed E-state index contributed by atoms with van der Waals surface area (Å²) in [4.78, 5) is 40.7. The van der Waals surface area contributed by atoms with Crippen molar-refractivity contribution >= 4 is 23.3 Å². The Balaban J connectivity index is 1.69. The van der Waals surface area contributed by atoms with Crippen LogP contribution in [0.25, 0.3) is 0 Å². The molecule has 1 fully saturated rings. The van der Waals surface area contributed by atoms with Gasteiger partial charge in [0.25, 0.3) is 0 Å². The van der Waals surface area contributed by atoms with E-state index >= 15 is 0 Å². The normalized spacial score (nSPS) is 15.3. The first-order valence-corrected chi connectivity index (χ1v) is 9.16. The number of nitrogens with zero attached hydrogens (tertiary/aromatic N) is 2. The second-order valence-electron chi connectivity index (χ2n) is 6.98. The van der Waals surface area contributed by atoms with Crippen LogP contribution in [-0.4, -0.2) is 33.2 Å². The summed E-state index contributed by atoms with van der Waals surface area (Å²) >= 11 is 0. The van der Waals surface area contributed by atoms with Crippen LogP contribution in [0.2, 0.25) is 0 Å². The van der Waals surface area contributed by atoms with Gasteiger partial charge in [-0.15, -0.1) is 0 Å². The maximum atomic E-state index is 12.7. The van der Waals surface area contributed by atoms with E-state index < -0.39 is 6.04 Å². The molecule has 7 nitrogen and oxygen atoms in total. The molecule has 1 unspecified atom stereocenters. The highest BCUT2D eigenvalue weighted by molar-refractivity contribution is 6.07. The summed E-state index contributed by atoms with van der Waals surface area (Å²) in [5, 5.41) is 5.63. The fourth-order valence-corrected chi connectivity index (χ4v) is 3.55. The summed E-state index contributed by atoms with van der Waals surface area (Å²) < 4.78 is 1.66. The summed E-state index contributed by atoms with van der Waals surface area (Å²) in [6.45, 7) is 1.42. The zero-order chi connectivity index (χ0) is 19.4. The third-order valence-electron chi connectivity index (χ3n) is 4.95. The lowest BCUT2D eigenvalue weighted by atomic mass is 9.97. The predicted molar refractivity (Wildman–Crippen MR) is 101 cm³/mol. The summed E-state index contributed by atoms with van der Waals surface area (Å²) in [7, 11) is 1.76. The first-order valence-electron chi connectivity index (χ1n) is 9.16. The largest absolute Gasteiger partial charge is 0.344 e. The van der Waals surface area contributed by atoms with Gasteiger partial charge in [-0.1, -0.05) is 12.8 Å². The van der Waals surface area contributed by atoms with Gasteiger partial charge in [0.1, 0.15) is 6.04 Å². The molecule has 2 aromatic rings. The maximum absolute atomic E-state index is 12.7. The molecule has 0 saturated heterocycles. The van der Waals surface area contributed by atoms with Crippen LogP contribution < -0.4 is 10.6 Å². The summed E-state index contributed by atoms with van der Waals surface area (Å²) in [5.41, 5.74) is 1.08. The molecule has 2 N–H and O–H groups in total. The van der Waals surface area contributed by atoms with E-state index in [0.717, 1.165) is 25.7 Å². The molecular formula is C20H24N4O3. The Labute approximate surface area is 158 Å². The van der Waals surface area contributed by atoms with Crippen LogP contribution in [0.5, 0.6) is 0 Å². The average molecular weight is 368 g/mol. The first kappa shape index (κ1) is 18.8. The van der Waals surface area contributed by atoms with Crippen LogP contribution in [0.1, 0.15) is 48.8 Å². The SMILES string of the molecule is CC(=O)NC(C(=O)Nc1ccc(C(=O)c2nccn2C)cc1)C1CCCC1. The number of amides is 2. The van der Waals surface area contributed by atoms with Crippen molar-refractivity contribution in [2.45, 2.75) is 38.6 Å². The van der Waals surface area contributed by atoms with E-state index in [1.165, 1.54) is 6.92 Å². The Morgan fingerprint density at radius 1 is 1.15 bits per heavy atom. The molecule has 7 heteroatoms. The van der Waals surface area contributed by atoms with Crippen LogP contribution in [-0.2, 0) is 16.6 Å². The second kappa shape index (κ2) is 8.16. The van der Waals surface area contributed by atoms with Gasteiger partial charge in [0.2, 0.25) is 17.6 Å². The van der Waals surface area contributed by atoms with E-state index in [1.807, 2.05) is 0 Å². The molecule has 3 rings (SSSR count). The van der Waals surface area contributed by atoms with E-state index in [2.05, 4.69) is 15.6 Å². The van der Waals surface area contributed by atoms with E-state index in [1.54, 1.807) is 48.3 Å². The highest BCUT2D eigenvalue weighted by atomic mass is 16.2. The number of aromatic nitrogens is 2. The maximum Gasteiger partial charge on any atom is 0.247 e. The van der Waals surface area contributed by atoms with Gasteiger partial charge in [-0.25, -0.2) is 4.98 Å². The molecule has 2 amide bonds. The number of carbonyl (C=O) groups is 3. The number of carbonyl (C=O) groups excluding carboxylic acids is 3. The topological polar surface area (TPSA) is 93.1 Å². The second-order valence-corrected chi connectivity index (χ2v) is 6.98. The number of hydrogen-bond acceptors (Lipinski definition) is 4. The molecule has 1 heterocycles. The molecule has 27 heavy (non-hydrogen) atoms. The fourth-order valence-electron chi connectivity index (χ4n) is 3.55. The van der Waals surface area contributed by atoms with Crippen molar-refractivity contribution in [1.29, 1.82) is 0 Å². The van der Waals surface area contributed by atoms with Crippen molar-refractivity contribution in [1.82, 2.24) is 14.9 Å². The lowest BCUT2D eigenvalue weighted by Crippen LogP contribution is -2.47. The molecule has 142 valence electrons. The minimum atomic E-state index is -0.529. The Kier molecular flexibility index (Phi) is 5.69. The zero-order valence-electron chi connectivity index (χ0n) is 15.6. The third-order valence-corrected chi connectivity index (χ3v) is 4.95. The van der Waals surface area contributed by atoms with Crippen LogP contribution >= 0.6 is 0 Å². The molecule has 1 aliphatic carbocycles. The minimum absolute atomic E-state index is 0.165. The van der Waals surface area contributed by atoms with E-state index in [4.69, 9.17) is 0 Å². The van der Waals surface area contributed by atoms with Crippen molar-refractivity contribution in [2.24, 2.45) is 13.0 Å². The Bertz CT molecular complexity index is 835. The number of benzene rings is 1. The van der Waals surface area contributed by atoms with Gasteiger partial charge in [-0.05, 0) is 43.0 Å². The van der Waals surface area contributed by atoms with Crippen molar-refractivity contribution in [2.75, 3.05) is 5.32 Å². The molecule has 1 saturated carbocycles. The average Bonchev–Trinajstić information content (AvgIpc) is 3.31. The standard InChI is InChI=1S/C20H24N4O3/c1-13(25)22-17(14-5-3-4-6-14)20(27)23-16-9-7-15(8-10-16)18(26)19-21-11-12-24(19)2/h7-12,14,17H,3-6H2,1-2H3,(H,22,25)(H,23,27). The first-order chi connectivity index (χ1) is 13.0. The summed E-state index contributed by atoms with van der Waals surface area (Å²) in [5.74, 6) is -0.0855. The Morgan fingerprint density at radius 2 is 1.81 bits per heavy atom. The van der Waals surface area contributed by atoms with Crippen LogP contribution in [0.4, 0.5) is 5.69 Å². The quantitative estimate of drug-likeness (QED) is 0.765. The lowest BCUT2D eigenvalue weighted by Gasteiger charge is -2.23. The highest BCUT2D eigenvalue weighted by Gasteiger charge is 2.31. The van der Waals surface area contributed by atoms with Gasteiger partial charge in [0, 0.05) is 37.6 Å². The number of ketones is 1. The fraction of sp³-hybridized carbons (Fsp3) is 0.400. The predicted octanol–water partition coefficient (Wildman–Crippen LogP) is 2.28. The van der Waals surface area contributed by atoms with Gasteiger partial charge < -0.3 is 15.2 Å². The monoisotopic (exact) mass is 368 g/mol. The number of anilines is 1. The molecular weight excluding hydrogens is 344 g/mol. The molecule has 1 aliphatic rings. The summed E-state index contributed by atoms with van der Waals surface area (Å²) in [6, 6.07) is 6.17. The van der Waals surface area contributed by atoms with Gasteiger partial charge in [0.05, 0.1) is 0 Å². The molecule has 1 atom stereocenters. The number of imidazole rings is 1. The van der Waals surface area contributed by atoms with Gasteiger partial charge >= 0.3 is 0 Å². The van der Waals surface area contributed by atoms with Crippen LogP contribution in [0.3, 0.4) is 0 Å². The third kappa shape index (κ3) is 4.42. The number of nitrogens with one attached hydrogen (secondary N) is 2. The van der Waals surface area contributed by atoms with Gasteiger partial charge in [-0.2, -0.15) is 0 Å². The van der Waals surface area contributed by atoms with Crippen molar-refractivity contribution < 1.29 is 14.4 Å². The van der Waals surface area contributed by atoms with Crippen LogP contribution in [0, 0.1) is 5.92 Å². The van der Waals surface area contributed by atoms with Crippen LogP contribution in [0.15, 0.2) is 36.7 Å². The Morgan fingerprint density at radius 3 is 2.37 bits per heavy atom. The van der Waals surface area contributed by atoms with Crippen molar-refractivity contribution in [3.05, 3.63) is 48.0 Å². The summed E-state index contributed by atoms with van der Waals surface area (Å²) in [6.07, 6.45) is 7.33. The van der Waals surface area contributed by atoms with Crippen molar-refractivity contribution in [3.63, 3.8) is 0 Å². The van der Waals surface area contributed by atoms with E-state index in [9.17, 15) is 14.4 Å². The molecule has 0 radical (unpaired) electrons. The molecule has 1 aromatic carbocycles. The van der Waals surface area contributed by atoms with E-state index in [-0.39, 0.29) is 23.5 Å². The Hall–Kier alpha value is -2.96. The number of hydrogen-bond donors (Lipinski definition) is 2. The molecule has 0 spiro atoms. The van der Waals surface area contributed by atoms with Crippen molar-refractivity contribution in [3.8, 4) is 0 Å². The van der Waals surface area contributed by atoms with Gasteiger partial charge in [-0.3, -0.25) is 14.4 Å². The number of aryl methyl sites for hydroxylation is 1. The molecule has 0 aliphatic heterocycles. The molecule has 0 bridgehead atoms.